The van der Waals surface area contributed by atoms with Crippen molar-refractivity contribution < 1.29 is 9.90 Å². The number of benzene rings is 2. The van der Waals surface area contributed by atoms with Crippen LogP contribution in [0, 0.1) is 0 Å². The number of carbonyl (C=O) groups is 1. The molecule has 0 aliphatic rings. The van der Waals surface area contributed by atoms with Crippen LogP contribution >= 0.6 is 23.4 Å². The molecule has 0 spiro atoms. The highest BCUT2D eigenvalue weighted by molar-refractivity contribution is 8.00. The number of nitrogens with one attached hydrogen (secondary N) is 2. The van der Waals surface area contributed by atoms with E-state index in [1.807, 2.05) is 28.8 Å². The van der Waals surface area contributed by atoms with Gasteiger partial charge in [0.1, 0.15) is 5.75 Å². The molecule has 32 heavy (non-hydrogen) atoms. The molecule has 0 fully saturated rings. The quantitative estimate of drug-likeness (QED) is 0.178. The average molecular weight is 471 g/mol. The Morgan fingerprint density at radius 2 is 2.03 bits per heavy atom. The van der Waals surface area contributed by atoms with Crippen LogP contribution in [0.25, 0.3) is 0 Å². The largest absolute Gasteiger partial charge is 0.507 e. The summed E-state index contributed by atoms with van der Waals surface area (Å²) in [6.45, 7) is 6.51. The van der Waals surface area contributed by atoms with Crippen LogP contribution in [0.1, 0.15) is 18.3 Å². The summed E-state index contributed by atoms with van der Waals surface area (Å²) in [6, 6.07) is 14.1. The van der Waals surface area contributed by atoms with Crippen molar-refractivity contribution in [2.75, 3.05) is 5.32 Å². The van der Waals surface area contributed by atoms with Crippen LogP contribution in [0.4, 0.5) is 5.69 Å². The Labute approximate surface area is 195 Å². The standard InChI is InChI=1S/C22H23ClN6O2S/c1-3-12-29-20(14-24-18-10-8-17(23)9-11-18)26-28-22(29)32-15(2)21(31)27-25-13-16-6-4-5-7-19(16)30/h3-11,13,15,24,30H,1,12,14H2,2H3,(H,27,31)/b25-13-/t15-/m0/s1. The van der Waals surface area contributed by atoms with Crippen molar-refractivity contribution in [1.82, 2.24) is 20.2 Å². The first-order valence-corrected chi connectivity index (χ1v) is 11.0. The molecule has 3 N–H and O–H groups in total. The van der Waals surface area contributed by atoms with Crippen LogP contribution in [0.15, 0.2) is 71.4 Å². The molecule has 2 aromatic carbocycles. The molecule has 1 heterocycles. The smallest absolute Gasteiger partial charge is 0.253 e. The molecule has 0 bridgehead atoms. The van der Waals surface area contributed by atoms with Gasteiger partial charge in [-0.15, -0.1) is 16.8 Å². The topological polar surface area (TPSA) is 104 Å². The van der Waals surface area contributed by atoms with Gasteiger partial charge in [-0.3, -0.25) is 4.79 Å². The summed E-state index contributed by atoms with van der Waals surface area (Å²) in [6.07, 6.45) is 3.14. The van der Waals surface area contributed by atoms with Gasteiger partial charge in [-0.2, -0.15) is 5.10 Å². The molecule has 0 saturated carbocycles. The average Bonchev–Trinajstić information content (AvgIpc) is 3.16. The number of nitrogens with zero attached hydrogens (tertiary/aromatic N) is 4. The molecule has 0 radical (unpaired) electrons. The Balaban J connectivity index is 1.61. The van der Waals surface area contributed by atoms with Crippen LogP contribution in [-0.2, 0) is 17.9 Å². The highest BCUT2D eigenvalue weighted by atomic mass is 35.5. The van der Waals surface area contributed by atoms with Crippen molar-refractivity contribution in [2.24, 2.45) is 5.10 Å². The lowest BCUT2D eigenvalue weighted by atomic mass is 10.2. The molecule has 1 aromatic heterocycles. The summed E-state index contributed by atoms with van der Waals surface area (Å²) in [7, 11) is 0. The molecule has 8 nitrogen and oxygen atoms in total. The van der Waals surface area contributed by atoms with Crippen LogP contribution in [0.5, 0.6) is 5.75 Å². The molecule has 10 heteroatoms. The molecule has 3 aromatic rings. The molecular weight excluding hydrogens is 448 g/mol. The fourth-order valence-electron chi connectivity index (χ4n) is 2.66. The minimum absolute atomic E-state index is 0.0881. The predicted molar refractivity (Wildman–Crippen MR) is 128 cm³/mol. The summed E-state index contributed by atoms with van der Waals surface area (Å²) in [5.41, 5.74) is 3.91. The number of phenolic OH excluding ortho intramolecular Hbond substituents is 1. The van der Waals surface area contributed by atoms with Gasteiger partial charge >= 0.3 is 0 Å². The Kier molecular flexibility index (Phi) is 8.29. The Bertz CT molecular complexity index is 1100. The molecule has 0 unspecified atom stereocenters. The van der Waals surface area contributed by atoms with Gasteiger partial charge in [-0.05, 0) is 43.3 Å². The lowest BCUT2D eigenvalue weighted by Gasteiger charge is -2.12. The molecular formula is C22H23ClN6O2S. The van der Waals surface area contributed by atoms with Gasteiger partial charge in [0.2, 0.25) is 0 Å². The normalized spacial score (nSPS) is 11.9. The third-order valence-corrected chi connectivity index (χ3v) is 5.70. The van der Waals surface area contributed by atoms with Crippen molar-refractivity contribution in [1.29, 1.82) is 0 Å². The highest BCUT2D eigenvalue weighted by Gasteiger charge is 2.19. The van der Waals surface area contributed by atoms with Crippen LogP contribution < -0.4 is 10.7 Å². The first kappa shape index (κ1) is 23.4. The van der Waals surface area contributed by atoms with E-state index in [-0.39, 0.29) is 11.7 Å². The van der Waals surface area contributed by atoms with E-state index in [1.165, 1.54) is 18.0 Å². The minimum atomic E-state index is -0.471. The summed E-state index contributed by atoms with van der Waals surface area (Å²) in [5, 5.41) is 26.2. The number of carbonyl (C=O) groups excluding carboxylic acids is 1. The SMILES string of the molecule is C=CCn1c(CNc2ccc(Cl)cc2)nnc1S[C@@H](C)C(=O)N/N=C\c1ccccc1O. The first-order chi connectivity index (χ1) is 15.5. The van der Waals surface area contributed by atoms with Crippen molar-refractivity contribution in [3.8, 4) is 5.75 Å². The number of hydrogen-bond donors (Lipinski definition) is 3. The molecule has 0 saturated heterocycles. The van der Waals surface area contributed by atoms with Crippen molar-refractivity contribution in [3.05, 3.63) is 77.6 Å². The van der Waals surface area contributed by atoms with Crippen molar-refractivity contribution >= 4 is 41.2 Å². The van der Waals surface area contributed by atoms with Gasteiger partial charge in [-0.1, -0.05) is 41.6 Å². The van der Waals surface area contributed by atoms with Gasteiger partial charge in [0.05, 0.1) is 18.0 Å². The van der Waals surface area contributed by atoms with Gasteiger partial charge in [-0.25, -0.2) is 5.43 Å². The summed E-state index contributed by atoms with van der Waals surface area (Å²) < 4.78 is 1.90. The Hall–Kier alpha value is -3.30. The van der Waals surface area contributed by atoms with Gasteiger partial charge < -0.3 is 15.0 Å². The number of phenols is 1. The second-order valence-corrected chi connectivity index (χ2v) is 8.46. The van der Waals surface area contributed by atoms with E-state index in [0.29, 0.717) is 34.7 Å². The van der Waals surface area contributed by atoms with E-state index in [4.69, 9.17) is 11.6 Å². The van der Waals surface area contributed by atoms with Gasteiger partial charge in [0.25, 0.3) is 5.91 Å². The predicted octanol–water partition coefficient (Wildman–Crippen LogP) is 4.07. The van der Waals surface area contributed by atoms with E-state index < -0.39 is 5.25 Å². The lowest BCUT2D eigenvalue weighted by Crippen LogP contribution is -2.27. The second-order valence-electron chi connectivity index (χ2n) is 6.71. The maximum Gasteiger partial charge on any atom is 0.253 e. The summed E-state index contributed by atoms with van der Waals surface area (Å²) in [4.78, 5) is 12.4. The Morgan fingerprint density at radius 1 is 1.28 bits per heavy atom. The molecule has 1 amide bonds. The number of aromatic nitrogens is 3. The first-order valence-electron chi connectivity index (χ1n) is 9.78. The number of halogens is 1. The number of hydrogen-bond acceptors (Lipinski definition) is 7. The number of hydrazone groups is 1. The zero-order valence-corrected chi connectivity index (χ0v) is 19.0. The minimum Gasteiger partial charge on any atom is -0.507 e. The maximum absolute atomic E-state index is 12.4. The number of anilines is 1. The molecule has 1 atom stereocenters. The molecule has 166 valence electrons. The third kappa shape index (κ3) is 6.35. The van der Waals surface area contributed by atoms with E-state index >= 15 is 0 Å². The number of thioether (sulfide) groups is 1. The number of amides is 1. The van der Waals surface area contributed by atoms with Crippen LogP contribution in [0.3, 0.4) is 0 Å². The highest BCUT2D eigenvalue weighted by Crippen LogP contribution is 2.23. The number of rotatable bonds is 10. The number of para-hydroxylation sites is 1. The molecule has 0 aliphatic carbocycles. The third-order valence-electron chi connectivity index (χ3n) is 4.37. The summed E-state index contributed by atoms with van der Waals surface area (Å²) >= 11 is 7.20. The van der Waals surface area contributed by atoms with E-state index in [1.54, 1.807) is 37.3 Å². The van der Waals surface area contributed by atoms with Crippen LogP contribution in [-0.4, -0.2) is 37.2 Å². The van der Waals surface area contributed by atoms with Crippen molar-refractivity contribution in [3.63, 3.8) is 0 Å². The van der Waals surface area contributed by atoms with E-state index in [0.717, 1.165) is 5.69 Å². The van der Waals surface area contributed by atoms with Crippen LogP contribution in [0.2, 0.25) is 5.02 Å². The molecule has 0 aliphatic heterocycles. The van der Waals surface area contributed by atoms with E-state index in [9.17, 15) is 9.90 Å². The number of allylic oxidation sites excluding steroid dienone is 1. The number of aromatic hydroxyl groups is 1. The second kappa shape index (κ2) is 11.4. The monoisotopic (exact) mass is 470 g/mol. The van der Waals surface area contributed by atoms with Gasteiger partial charge in [0.15, 0.2) is 11.0 Å². The van der Waals surface area contributed by atoms with E-state index in [2.05, 4.69) is 32.6 Å². The fourth-order valence-corrected chi connectivity index (χ4v) is 3.66. The van der Waals surface area contributed by atoms with Crippen molar-refractivity contribution in [2.45, 2.75) is 30.4 Å². The summed E-state index contributed by atoms with van der Waals surface area (Å²) in [5.74, 6) is 0.508. The zero-order valence-electron chi connectivity index (χ0n) is 17.4. The molecule has 3 rings (SSSR count). The fraction of sp³-hybridized carbons (Fsp3) is 0.182. The lowest BCUT2D eigenvalue weighted by molar-refractivity contribution is -0.120. The van der Waals surface area contributed by atoms with Gasteiger partial charge in [0, 0.05) is 22.8 Å². The maximum atomic E-state index is 12.4. The Morgan fingerprint density at radius 3 is 2.75 bits per heavy atom. The zero-order chi connectivity index (χ0) is 22.9.